The normalized spacial score (nSPS) is 14.7. The summed E-state index contributed by atoms with van der Waals surface area (Å²) >= 11 is 0. The highest BCUT2D eigenvalue weighted by atomic mass is 32.2. The highest BCUT2D eigenvalue weighted by molar-refractivity contribution is 7.89. The number of esters is 1. The molecule has 0 saturated heterocycles. The van der Waals surface area contributed by atoms with Crippen LogP contribution < -0.4 is 4.72 Å². The Morgan fingerprint density at radius 2 is 1.62 bits per heavy atom. The Bertz CT molecular complexity index is 944. The lowest BCUT2D eigenvalue weighted by atomic mass is 10.1. The fourth-order valence-electron chi connectivity index (χ4n) is 2.82. The SMILES string of the molecule is Cc1ccc(S(=O)(=O)N[C@H](COC(=O)[C@@H](C)[C@H](O)COCc2ccccc2)C(C)C)cc1. The molecule has 0 radical (unpaired) electrons. The number of hydrogen-bond acceptors (Lipinski definition) is 6. The molecule has 0 fully saturated rings. The minimum Gasteiger partial charge on any atom is -0.464 e. The third kappa shape index (κ3) is 8.02. The highest BCUT2D eigenvalue weighted by Crippen LogP contribution is 2.14. The van der Waals surface area contributed by atoms with E-state index in [9.17, 15) is 18.3 Å². The van der Waals surface area contributed by atoms with E-state index in [4.69, 9.17) is 9.47 Å². The molecule has 0 aliphatic rings. The Morgan fingerprint density at radius 1 is 1.00 bits per heavy atom. The Balaban J connectivity index is 1.86. The Kier molecular flexibility index (Phi) is 9.84. The third-order valence-corrected chi connectivity index (χ3v) is 6.70. The van der Waals surface area contributed by atoms with Gasteiger partial charge in [0.25, 0.3) is 0 Å². The summed E-state index contributed by atoms with van der Waals surface area (Å²) in [6, 6.07) is 15.4. The van der Waals surface area contributed by atoms with E-state index < -0.39 is 34.1 Å². The van der Waals surface area contributed by atoms with E-state index in [1.165, 1.54) is 12.1 Å². The number of nitrogens with one attached hydrogen (secondary N) is 1. The van der Waals surface area contributed by atoms with E-state index in [0.717, 1.165) is 11.1 Å². The van der Waals surface area contributed by atoms with Gasteiger partial charge < -0.3 is 14.6 Å². The van der Waals surface area contributed by atoms with Crippen molar-refractivity contribution in [1.82, 2.24) is 4.72 Å². The zero-order valence-corrected chi connectivity index (χ0v) is 19.8. The van der Waals surface area contributed by atoms with E-state index in [1.807, 2.05) is 51.1 Å². The molecular weight excluding hydrogens is 430 g/mol. The predicted molar refractivity (Wildman–Crippen MR) is 122 cm³/mol. The summed E-state index contributed by atoms with van der Waals surface area (Å²) < 4.78 is 38.8. The number of benzene rings is 2. The van der Waals surface area contributed by atoms with Gasteiger partial charge in [0.05, 0.1) is 36.2 Å². The second-order valence-corrected chi connectivity index (χ2v) is 9.99. The molecular formula is C24H33NO6S. The molecule has 0 amide bonds. The molecule has 0 aliphatic heterocycles. The monoisotopic (exact) mass is 463 g/mol. The number of sulfonamides is 1. The molecule has 0 bridgehead atoms. The van der Waals surface area contributed by atoms with Gasteiger partial charge in [0, 0.05) is 0 Å². The van der Waals surface area contributed by atoms with Crippen LogP contribution in [0.3, 0.4) is 0 Å². The maximum Gasteiger partial charge on any atom is 0.311 e. The molecule has 0 unspecified atom stereocenters. The Morgan fingerprint density at radius 3 is 2.22 bits per heavy atom. The number of carbonyl (C=O) groups excluding carboxylic acids is 1. The summed E-state index contributed by atoms with van der Waals surface area (Å²) in [6.07, 6.45) is -1.03. The molecule has 0 aliphatic carbocycles. The second-order valence-electron chi connectivity index (χ2n) is 8.27. The van der Waals surface area contributed by atoms with Gasteiger partial charge in [0.1, 0.15) is 6.61 Å². The maximum absolute atomic E-state index is 12.7. The van der Waals surface area contributed by atoms with Crippen LogP contribution in [-0.2, 0) is 30.9 Å². The first-order chi connectivity index (χ1) is 15.1. The molecule has 2 rings (SSSR count). The van der Waals surface area contributed by atoms with Crippen molar-refractivity contribution < 1.29 is 27.8 Å². The van der Waals surface area contributed by atoms with Gasteiger partial charge >= 0.3 is 5.97 Å². The number of aliphatic hydroxyl groups is 1. The highest BCUT2D eigenvalue weighted by Gasteiger charge is 2.27. The van der Waals surface area contributed by atoms with Crippen molar-refractivity contribution in [2.75, 3.05) is 13.2 Å². The topological polar surface area (TPSA) is 102 Å². The molecule has 2 aromatic carbocycles. The minimum atomic E-state index is -3.75. The molecule has 0 aromatic heterocycles. The van der Waals surface area contributed by atoms with Crippen LogP contribution in [0.1, 0.15) is 31.9 Å². The molecule has 2 N–H and O–H groups in total. The molecule has 2 aromatic rings. The van der Waals surface area contributed by atoms with Crippen molar-refractivity contribution in [3.05, 3.63) is 65.7 Å². The van der Waals surface area contributed by atoms with E-state index in [1.54, 1.807) is 19.1 Å². The van der Waals surface area contributed by atoms with Gasteiger partial charge in [-0.3, -0.25) is 4.79 Å². The summed E-state index contributed by atoms with van der Waals surface area (Å²) in [5, 5.41) is 10.3. The van der Waals surface area contributed by atoms with Crippen molar-refractivity contribution in [3.8, 4) is 0 Å². The molecule has 176 valence electrons. The predicted octanol–water partition coefficient (Wildman–Crippen LogP) is 3.05. The fourth-order valence-corrected chi connectivity index (χ4v) is 4.19. The first-order valence-corrected chi connectivity index (χ1v) is 12.1. The number of rotatable bonds is 12. The number of carbonyl (C=O) groups is 1. The van der Waals surface area contributed by atoms with Crippen molar-refractivity contribution >= 4 is 16.0 Å². The Labute approximate surface area is 190 Å². The maximum atomic E-state index is 12.7. The van der Waals surface area contributed by atoms with Gasteiger partial charge in [-0.05, 0) is 37.5 Å². The van der Waals surface area contributed by atoms with Crippen LogP contribution >= 0.6 is 0 Å². The van der Waals surface area contributed by atoms with Gasteiger partial charge in [-0.15, -0.1) is 0 Å². The summed E-state index contributed by atoms with van der Waals surface area (Å²) in [5.41, 5.74) is 1.93. The van der Waals surface area contributed by atoms with Gasteiger partial charge in [0.15, 0.2) is 0 Å². The first kappa shape index (κ1) is 26.0. The van der Waals surface area contributed by atoms with Crippen LogP contribution in [0.5, 0.6) is 0 Å². The zero-order valence-electron chi connectivity index (χ0n) is 19.0. The molecule has 7 nitrogen and oxygen atoms in total. The van der Waals surface area contributed by atoms with Crippen LogP contribution in [0.2, 0.25) is 0 Å². The largest absolute Gasteiger partial charge is 0.464 e. The lowest BCUT2D eigenvalue weighted by molar-refractivity contribution is -0.154. The van der Waals surface area contributed by atoms with E-state index in [0.29, 0.717) is 6.61 Å². The van der Waals surface area contributed by atoms with Crippen LogP contribution in [0.4, 0.5) is 0 Å². The van der Waals surface area contributed by atoms with E-state index >= 15 is 0 Å². The summed E-state index contributed by atoms with van der Waals surface area (Å²) in [6.45, 7) is 7.29. The average Bonchev–Trinajstić information content (AvgIpc) is 2.76. The summed E-state index contributed by atoms with van der Waals surface area (Å²) in [5.74, 6) is -1.54. The smallest absolute Gasteiger partial charge is 0.311 e. The average molecular weight is 464 g/mol. The van der Waals surface area contributed by atoms with Crippen molar-refractivity contribution in [3.63, 3.8) is 0 Å². The van der Waals surface area contributed by atoms with E-state index in [2.05, 4.69) is 4.72 Å². The fraction of sp³-hybridized carbons (Fsp3) is 0.458. The molecule has 0 saturated carbocycles. The van der Waals surface area contributed by atoms with Crippen molar-refractivity contribution in [2.45, 2.75) is 51.3 Å². The van der Waals surface area contributed by atoms with Crippen LogP contribution in [0.15, 0.2) is 59.5 Å². The van der Waals surface area contributed by atoms with Crippen LogP contribution in [0.25, 0.3) is 0 Å². The van der Waals surface area contributed by atoms with Crippen LogP contribution in [-0.4, -0.2) is 44.9 Å². The van der Waals surface area contributed by atoms with Crippen molar-refractivity contribution in [1.29, 1.82) is 0 Å². The number of aliphatic hydroxyl groups excluding tert-OH is 1. The molecule has 32 heavy (non-hydrogen) atoms. The zero-order chi connectivity index (χ0) is 23.7. The van der Waals surface area contributed by atoms with E-state index in [-0.39, 0.29) is 24.0 Å². The number of hydrogen-bond donors (Lipinski definition) is 2. The summed E-state index contributed by atoms with van der Waals surface area (Å²) in [7, 11) is -3.75. The molecule has 8 heteroatoms. The van der Waals surface area contributed by atoms with Gasteiger partial charge in [-0.1, -0.05) is 61.9 Å². The lowest BCUT2D eigenvalue weighted by Gasteiger charge is -2.24. The number of ether oxygens (including phenoxy) is 2. The minimum absolute atomic E-state index is 0.0151. The van der Waals surface area contributed by atoms with Crippen molar-refractivity contribution in [2.24, 2.45) is 11.8 Å². The molecule has 0 heterocycles. The first-order valence-electron chi connectivity index (χ1n) is 10.7. The number of aryl methyl sites for hydroxylation is 1. The quantitative estimate of drug-likeness (QED) is 0.469. The van der Waals surface area contributed by atoms with Gasteiger partial charge in [0.2, 0.25) is 10.0 Å². The molecule has 0 spiro atoms. The van der Waals surface area contributed by atoms with Crippen LogP contribution in [0, 0.1) is 18.8 Å². The molecule has 3 atom stereocenters. The van der Waals surface area contributed by atoms with Gasteiger partial charge in [-0.2, -0.15) is 0 Å². The summed E-state index contributed by atoms with van der Waals surface area (Å²) in [4.78, 5) is 12.6. The van der Waals surface area contributed by atoms with Gasteiger partial charge in [-0.25, -0.2) is 13.1 Å². The third-order valence-electron chi connectivity index (χ3n) is 5.20. The Hall–Kier alpha value is -2.26. The lowest BCUT2D eigenvalue weighted by Crippen LogP contribution is -2.43. The second kappa shape index (κ2) is 12.1. The standard InChI is InChI=1S/C24H33NO6S/c1-17(2)22(25-32(28,29)21-12-10-18(3)11-13-21)15-31-24(27)19(4)23(26)16-30-14-20-8-6-5-7-9-20/h5-13,17,19,22-23,25-26H,14-16H2,1-4H3/t19-,22+,23+/m0/s1.